The highest BCUT2D eigenvalue weighted by Gasteiger charge is 2.59. The molecule has 0 bridgehead atoms. The van der Waals surface area contributed by atoms with Gasteiger partial charge in [-0.3, -0.25) is 23.4 Å². The lowest BCUT2D eigenvalue weighted by Crippen LogP contribution is -2.41. The van der Waals surface area contributed by atoms with E-state index in [9.17, 15) is 13.8 Å². The number of ether oxygens (including phenoxy) is 1. The molecule has 0 radical (unpaired) electrons. The molecule has 1 N–H and O–H groups in total. The number of halogens is 2. The van der Waals surface area contributed by atoms with E-state index >= 15 is 13.6 Å². The summed E-state index contributed by atoms with van der Waals surface area (Å²) in [6.07, 6.45) is 7.15. The first-order chi connectivity index (χ1) is 32.9. The van der Waals surface area contributed by atoms with Crippen molar-refractivity contribution in [3.8, 4) is 17.2 Å². The summed E-state index contributed by atoms with van der Waals surface area (Å²) < 4.78 is 67.1. The molecule has 15 nitrogen and oxygen atoms in total. The van der Waals surface area contributed by atoms with Gasteiger partial charge in [0, 0.05) is 60.2 Å². The first-order valence-corrected chi connectivity index (χ1v) is 25.4. The summed E-state index contributed by atoms with van der Waals surface area (Å²) in [5.74, 6) is -1.15. The quantitative estimate of drug-likeness (QED) is 0.142. The van der Waals surface area contributed by atoms with Crippen LogP contribution in [0.3, 0.4) is 0 Å². The Kier molecular flexibility index (Phi) is 10.5. The second kappa shape index (κ2) is 16.1. The molecule has 2 aliphatic heterocycles. The van der Waals surface area contributed by atoms with Crippen LogP contribution in [0.1, 0.15) is 123 Å². The van der Waals surface area contributed by atoms with Crippen molar-refractivity contribution >= 4 is 26.5 Å². The lowest BCUT2D eigenvalue weighted by molar-refractivity contribution is -0.0592. The van der Waals surface area contributed by atoms with E-state index in [1.807, 2.05) is 17.6 Å². The Balaban J connectivity index is 1.04. The van der Waals surface area contributed by atoms with E-state index in [0.717, 1.165) is 42.1 Å². The molecular weight excluding hydrogens is 905 g/mol. The number of hydrogen-bond donors (Lipinski definition) is 1. The Morgan fingerprint density at radius 2 is 1.71 bits per heavy atom. The van der Waals surface area contributed by atoms with Gasteiger partial charge >= 0.3 is 11.4 Å². The Bertz CT molecular complexity index is 3490. The van der Waals surface area contributed by atoms with E-state index in [-0.39, 0.29) is 46.6 Å². The fraction of sp³-hybridized carbons (Fsp3) is 0.431. The van der Waals surface area contributed by atoms with E-state index in [1.165, 1.54) is 33.7 Å². The van der Waals surface area contributed by atoms with Crippen molar-refractivity contribution in [1.82, 2.24) is 38.5 Å². The van der Waals surface area contributed by atoms with E-state index < -0.39 is 38.6 Å². The highest BCUT2D eigenvalue weighted by molar-refractivity contribution is 7.94. The molecule has 0 spiro atoms. The summed E-state index contributed by atoms with van der Waals surface area (Å²) >= 11 is 0. The predicted octanol–water partition coefficient (Wildman–Crippen LogP) is 8.56. The third kappa shape index (κ3) is 7.18. The number of aromatic nitrogens is 7. The van der Waals surface area contributed by atoms with Crippen LogP contribution in [-0.4, -0.2) is 79.2 Å². The van der Waals surface area contributed by atoms with Crippen molar-refractivity contribution in [2.45, 2.75) is 120 Å². The number of rotatable bonds is 10. The average molecular weight is 960 g/mol. The zero-order chi connectivity index (χ0) is 48.5. The summed E-state index contributed by atoms with van der Waals surface area (Å²) in [6, 6.07) is 15.2. The Morgan fingerprint density at radius 1 is 0.971 bits per heavy atom. The second-order valence-corrected chi connectivity index (χ2v) is 22.5. The molecule has 1 amide bonds. The maximum Gasteiger partial charge on any atom is 0.438 e. The van der Waals surface area contributed by atoms with E-state index in [1.54, 1.807) is 48.6 Å². The number of nitrogens with zero attached hydrogens (tertiary/aromatic N) is 8. The lowest BCUT2D eigenvalue weighted by Gasteiger charge is -2.35. The van der Waals surface area contributed by atoms with Crippen LogP contribution in [-0.2, 0) is 26.4 Å². The number of aromatic amines is 1. The van der Waals surface area contributed by atoms with E-state index in [4.69, 9.17) is 14.4 Å². The first-order valence-electron chi connectivity index (χ1n) is 23.8. The van der Waals surface area contributed by atoms with Gasteiger partial charge in [-0.05, 0) is 151 Å². The van der Waals surface area contributed by atoms with Gasteiger partial charge in [-0.15, -0.1) is 0 Å². The number of nitrogens with one attached hydrogen (secondary N) is 1. The van der Waals surface area contributed by atoms with Crippen LogP contribution < -0.4 is 11.4 Å². The van der Waals surface area contributed by atoms with Gasteiger partial charge in [0.1, 0.15) is 28.7 Å². The van der Waals surface area contributed by atoms with Crippen LogP contribution >= 0.6 is 0 Å². The van der Waals surface area contributed by atoms with Crippen LogP contribution in [0.5, 0.6) is 0 Å². The maximum absolute atomic E-state index is 16.2. The van der Waals surface area contributed by atoms with Crippen LogP contribution in [0, 0.1) is 31.4 Å². The summed E-state index contributed by atoms with van der Waals surface area (Å²) in [5, 5.41) is 9.98. The smallest absolute Gasteiger partial charge is 0.376 e. The zero-order valence-corrected chi connectivity index (χ0v) is 40.5. The number of carbonyl (C=O) groups is 1. The molecule has 2 aliphatic carbocycles. The Hall–Kier alpha value is -6.40. The van der Waals surface area contributed by atoms with Crippen LogP contribution in [0.4, 0.5) is 8.78 Å². The van der Waals surface area contributed by atoms with Crippen molar-refractivity contribution < 1.29 is 27.0 Å². The van der Waals surface area contributed by atoms with Gasteiger partial charge in [-0.1, -0.05) is 18.1 Å². The van der Waals surface area contributed by atoms with Crippen LogP contribution in [0.25, 0.3) is 28.1 Å². The number of aryl methyl sites for hydroxylation is 2. The summed E-state index contributed by atoms with van der Waals surface area (Å²) in [4.78, 5) is 47.7. The minimum absolute atomic E-state index is 0.0141. The summed E-state index contributed by atoms with van der Waals surface area (Å²) in [5.41, 5.74) is 3.06. The maximum atomic E-state index is 16.2. The number of fused-ring (bicyclic) bond motifs is 2. The number of hydrogen-bond acceptors (Lipinski definition) is 9. The van der Waals surface area contributed by atoms with Crippen molar-refractivity contribution in [2.24, 2.45) is 10.3 Å². The van der Waals surface area contributed by atoms with Gasteiger partial charge in [0.25, 0.3) is 5.91 Å². The molecule has 1 saturated heterocycles. The number of amides is 1. The van der Waals surface area contributed by atoms with Gasteiger partial charge in [-0.25, -0.2) is 31.6 Å². The zero-order valence-electron chi connectivity index (χ0n) is 39.7. The topological polar surface area (TPSA) is 168 Å². The molecule has 69 heavy (non-hydrogen) atoms. The molecule has 7 aromatic rings. The molecule has 1 unspecified atom stereocenters. The molecule has 5 atom stereocenters. The van der Waals surface area contributed by atoms with Gasteiger partial charge < -0.3 is 14.2 Å². The van der Waals surface area contributed by atoms with Crippen LogP contribution in [0.15, 0.2) is 90.4 Å². The molecule has 18 heteroatoms. The molecular formula is C51H55F2N9O6S. The molecule has 6 heterocycles. The molecule has 3 aromatic carbocycles. The standard InChI is InChI=1S/C51H55F2N9O6S/c1-8-54-69(66,36-10-11-36)37-12-14-41(38(52)25-37)59-18-19-60(49(59)65)45-43-31(5)58(17-15-39(43)56-62(45)35-21-28(2)44(53)29(3)22-35)46(63)42-24-34-23-32(33-16-20-67-50(6,7)27-33)9-13-40(34)61(42)51(26-30(51)4)47-55-48(64)68-57-47/h9,12-14,18-19,21-25,30-31,33,36H,8,10-11,15-17,20,26-27H2,1-7H3,(H,55,57,64)/t30-,31-,33-,51-,69?/m0/s1. The fourth-order valence-corrected chi connectivity index (χ4v) is 13.7. The monoisotopic (exact) mass is 959 g/mol. The lowest BCUT2D eigenvalue weighted by atomic mass is 9.83. The van der Waals surface area contributed by atoms with Gasteiger partial charge in [0.15, 0.2) is 5.82 Å². The van der Waals surface area contributed by atoms with Crippen molar-refractivity contribution in [3.05, 3.63) is 139 Å². The molecule has 11 rings (SSSR count). The van der Waals surface area contributed by atoms with Crippen molar-refractivity contribution in [2.75, 3.05) is 19.7 Å². The SMILES string of the molecule is CCN=S(=O)(c1ccc(-n2ccn(-c3c4c(nn3-c3cc(C)c(F)c(C)c3)CCN(C(=O)c3cc5cc([C@H]6CCOC(C)(C)C6)ccc5n3[C@@]3(c5noc(=O)[nH]5)C[C@@H]3C)[C@H]4C)c2=O)c(F)c1)C1CC1. The minimum atomic E-state index is -2.83. The number of carbonyl (C=O) groups excluding carboxylic acids is 1. The fourth-order valence-electron chi connectivity index (χ4n) is 11.2. The normalized spacial score (nSPS) is 23.0. The number of benzene rings is 3. The van der Waals surface area contributed by atoms with E-state index in [2.05, 4.69) is 53.5 Å². The highest BCUT2D eigenvalue weighted by Crippen LogP contribution is 2.56. The number of H-pyrrole nitrogens is 1. The summed E-state index contributed by atoms with van der Waals surface area (Å²) in [6.45, 7) is 14.6. The Morgan fingerprint density at radius 3 is 2.36 bits per heavy atom. The van der Waals surface area contributed by atoms with Crippen molar-refractivity contribution in [1.29, 1.82) is 0 Å². The minimum Gasteiger partial charge on any atom is -0.376 e. The van der Waals surface area contributed by atoms with Gasteiger partial charge in [0.05, 0.1) is 43.3 Å². The van der Waals surface area contributed by atoms with Gasteiger partial charge in [-0.2, -0.15) is 5.10 Å². The summed E-state index contributed by atoms with van der Waals surface area (Å²) in [7, 11) is -2.83. The van der Waals surface area contributed by atoms with E-state index in [0.29, 0.717) is 76.3 Å². The average Bonchev–Trinajstić information content (AvgIpc) is 4.05. The van der Waals surface area contributed by atoms with Crippen molar-refractivity contribution in [3.63, 3.8) is 0 Å². The molecule has 2 saturated carbocycles. The molecule has 4 aromatic heterocycles. The van der Waals surface area contributed by atoms with Crippen LogP contribution in [0.2, 0.25) is 0 Å². The number of imidazole rings is 1. The third-order valence-corrected chi connectivity index (χ3v) is 17.9. The molecule has 4 aliphatic rings. The largest absolute Gasteiger partial charge is 0.438 e. The van der Waals surface area contributed by atoms with Gasteiger partial charge in [0.2, 0.25) is 0 Å². The predicted molar refractivity (Wildman–Crippen MR) is 255 cm³/mol. The first kappa shape index (κ1) is 45.1. The molecule has 3 fully saturated rings. The molecule has 360 valence electrons. The Labute approximate surface area is 397 Å². The second-order valence-electron chi connectivity index (χ2n) is 20.0. The highest BCUT2D eigenvalue weighted by atomic mass is 32.2. The third-order valence-electron chi connectivity index (χ3n) is 14.9.